The standard InChI is InChI=1S/C21H18FN5O/c1-14-11-20(27-28-14)24-19-12-18(23-13-15-7-9-17(22)10-8-15)25-21(26-19)16-5-3-2-4-6-16/h2-12H,13H2,1H3,(H2,23,24,25,26,27). The molecule has 2 heterocycles. The van der Waals surface area contributed by atoms with Gasteiger partial charge in [-0.2, -0.15) is 0 Å². The van der Waals surface area contributed by atoms with Crippen molar-refractivity contribution in [2.75, 3.05) is 10.6 Å². The number of aryl methyl sites for hydroxylation is 1. The van der Waals surface area contributed by atoms with Crippen LogP contribution in [0.15, 0.2) is 71.3 Å². The van der Waals surface area contributed by atoms with Gasteiger partial charge in [-0.25, -0.2) is 14.4 Å². The molecule has 2 aromatic carbocycles. The van der Waals surface area contributed by atoms with E-state index >= 15 is 0 Å². The lowest BCUT2D eigenvalue weighted by Gasteiger charge is -2.11. The summed E-state index contributed by atoms with van der Waals surface area (Å²) in [6, 6.07) is 19.6. The van der Waals surface area contributed by atoms with Gasteiger partial charge < -0.3 is 15.2 Å². The molecule has 28 heavy (non-hydrogen) atoms. The third kappa shape index (κ3) is 4.32. The Kier molecular flexibility index (Phi) is 4.97. The molecule has 0 aliphatic heterocycles. The van der Waals surface area contributed by atoms with Gasteiger partial charge in [0.25, 0.3) is 0 Å². The first-order chi connectivity index (χ1) is 13.7. The molecule has 0 saturated carbocycles. The Morgan fingerprint density at radius 2 is 1.64 bits per heavy atom. The van der Waals surface area contributed by atoms with Gasteiger partial charge in [-0.05, 0) is 24.6 Å². The summed E-state index contributed by atoms with van der Waals surface area (Å²) in [6.07, 6.45) is 0. The molecule has 6 nitrogen and oxygen atoms in total. The summed E-state index contributed by atoms with van der Waals surface area (Å²) in [7, 11) is 0. The first-order valence-electron chi connectivity index (χ1n) is 8.79. The molecule has 0 unspecified atom stereocenters. The quantitative estimate of drug-likeness (QED) is 0.497. The van der Waals surface area contributed by atoms with Crippen LogP contribution >= 0.6 is 0 Å². The van der Waals surface area contributed by atoms with Crippen LogP contribution in [0.2, 0.25) is 0 Å². The van der Waals surface area contributed by atoms with Crippen molar-refractivity contribution in [2.24, 2.45) is 0 Å². The number of hydrogen-bond acceptors (Lipinski definition) is 6. The lowest BCUT2D eigenvalue weighted by molar-refractivity contribution is 0.400. The summed E-state index contributed by atoms with van der Waals surface area (Å²) in [5.74, 6) is 2.82. The molecule has 2 N–H and O–H groups in total. The van der Waals surface area contributed by atoms with Gasteiger partial charge in [0.05, 0.1) is 0 Å². The Hall–Kier alpha value is -3.74. The van der Waals surface area contributed by atoms with Gasteiger partial charge in [-0.1, -0.05) is 47.6 Å². The molecule has 4 aromatic rings. The van der Waals surface area contributed by atoms with E-state index in [2.05, 4.69) is 25.8 Å². The Morgan fingerprint density at radius 1 is 0.893 bits per heavy atom. The maximum absolute atomic E-state index is 13.1. The summed E-state index contributed by atoms with van der Waals surface area (Å²) in [4.78, 5) is 9.18. The van der Waals surface area contributed by atoms with E-state index in [0.29, 0.717) is 35.6 Å². The van der Waals surface area contributed by atoms with Gasteiger partial charge in [-0.3, -0.25) is 0 Å². The Labute approximate surface area is 161 Å². The number of halogens is 1. The van der Waals surface area contributed by atoms with E-state index in [4.69, 9.17) is 4.52 Å². The molecule has 0 saturated heterocycles. The highest BCUT2D eigenvalue weighted by atomic mass is 19.1. The molecule has 2 aromatic heterocycles. The van der Waals surface area contributed by atoms with E-state index in [0.717, 1.165) is 11.1 Å². The predicted octanol–water partition coefficient (Wildman–Crippen LogP) is 4.93. The zero-order valence-corrected chi connectivity index (χ0v) is 15.2. The van der Waals surface area contributed by atoms with Crippen LogP contribution in [0.4, 0.5) is 21.8 Å². The lowest BCUT2D eigenvalue weighted by Crippen LogP contribution is -2.05. The minimum absolute atomic E-state index is 0.258. The van der Waals surface area contributed by atoms with E-state index < -0.39 is 0 Å². The van der Waals surface area contributed by atoms with E-state index in [1.54, 1.807) is 24.3 Å². The maximum atomic E-state index is 13.1. The number of anilines is 3. The second-order valence-corrected chi connectivity index (χ2v) is 6.26. The molecular formula is C21H18FN5O. The average Bonchev–Trinajstić information content (AvgIpc) is 3.12. The third-order valence-corrected chi connectivity index (χ3v) is 4.03. The molecule has 0 fully saturated rings. The molecule has 0 aliphatic carbocycles. The number of nitrogens with one attached hydrogen (secondary N) is 2. The van der Waals surface area contributed by atoms with Crippen molar-refractivity contribution < 1.29 is 8.91 Å². The van der Waals surface area contributed by atoms with Gasteiger partial charge in [0, 0.05) is 24.2 Å². The van der Waals surface area contributed by atoms with Gasteiger partial charge in [-0.15, -0.1) is 0 Å². The van der Waals surface area contributed by atoms with Crippen LogP contribution in [-0.2, 0) is 6.54 Å². The Balaban J connectivity index is 1.62. The molecule has 0 spiro atoms. The predicted molar refractivity (Wildman–Crippen MR) is 106 cm³/mol. The highest BCUT2D eigenvalue weighted by molar-refractivity contribution is 5.63. The molecule has 7 heteroatoms. The van der Waals surface area contributed by atoms with Crippen molar-refractivity contribution in [1.82, 2.24) is 15.1 Å². The van der Waals surface area contributed by atoms with Crippen molar-refractivity contribution in [3.8, 4) is 11.4 Å². The third-order valence-electron chi connectivity index (χ3n) is 4.03. The van der Waals surface area contributed by atoms with Crippen LogP contribution < -0.4 is 10.6 Å². The van der Waals surface area contributed by atoms with E-state index in [1.807, 2.05) is 37.3 Å². The van der Waals surface area contributed by atoms with Crippen molar-refractivity contribution in [2.45, 2.75) is 13.5 Å². The summed E-state index contributed by atoms with van der Waals surface area (Å²) in [6.45, 7) is 2.33. The van der Waals surface area contributed by atoms with Crippen LogP contribution in [-0.4, -0.2) is 15.1 Å². The van der Waals surface area contributed by atoms with Crippen LogP contribution in [0.25, 0.3) is 11.4 Å². The summed E-state index contributed by atoms with van der Waals surface area (Å²) in [5.41, 5.74) is 1.84. The topological polar surface area (TPSA) is 75.9 Å². The highest BCUT2D eigenvalue weighted by Crippen LogP contribution is 2.23. The van der Waals surface area contributed by atoms with Gasteiger partial charge in [0.2, 0.25) is 0 Å². The molecule has 140 valence electrons. The number of rotatable bonds is 6. The molecule has 0 radical (unpaired) electrons. The van der Waals surface area contributed by atoms with Crippen molar-refractivity contribution >= 4 is 17.5 Å². The highest BCUT2D eigenvalue weighted by Gasteiger charge is 2.09. The molecule has 0 aliphatic rings. The van der Waals surface area contributed by atoms with Gasteiger partial charge >= 0.3 is 0 Å². The zero-order valence-electron chi connectivity index (χ0n) is 15.2. The Bertz CT molecular complexity index is 1060. The minimum atomic E-state index is -0.258. The minimum Gasteiger partial charge on any atom is -0.366 e. The summed E-state index contributed by atoms with van der Waals surface area (Å²) in [5, 5.41) is 10.3. The SMILES string of the molecule is Cc1cc(Nc2cc(NCc3ccc(F)cc3)nc(-c3ccccc3)n2)no1. The van der Waals surface area contributed by atoms with Crippen molar-refractivity contribution in [1.29, 1.82) is 0 Å². The number of aromatic nitrogens is 3. The second kappa shape index (κ2) is 7.87. The normalized spacial score (nSPS) is 10.6. The van der Waals surface area contributed by atoms with Crippen molar-refractivity contribution in [3.63, 3.8) is 0 Å². The first kappa shape index (κ1) is 17.7. The lowest BCUT2D eigenvalue weighted by atomic mass is 10.2. The molecular weight excluding hydrogens is 357 g/mol. The number of nitrogens with zero attached hydrogens (tertiary/aromatic N) is 3. The molecule has 0 amide bonds. The largest absolute Gasteiger partial charge is 0.366 e. The van der Waals surface area contributed by atoms with Gasteiger partial charge in [0.1, 0.15) is 23.2 Å². The Morgan fingerprint density at radius 3 is 2.36 bits per heavy atom. The summed E-state index contributed by atoms with van der Waals surface area (Å²) < 4.78 is 18.2. The fourth-order valence-corrected chi connectivity index (χ4v) is 2.67. The van der Waals surface area contributed by atoms with E-state index in [-0.39, 0.29) is 5.82 Å². The fourth-order valence-electron chi connectivity index (χ4n) is 2.67. The van der Waals surface area contributed by atoms with Crippen LogP contribution in [0.5, 0.6) is 0 Å². The molecule has 0 atom stereocenters. The fraction of sp³-hybridized carbons (Fsp3) is 0.0952. The van der Waals surface area contributed by atoms with E-state index in [9.17, 15) is 4.39 Å². The molecule has 4 rings (SSSR count). The maximum Gasteiger partial charge on any atom is 0.175 e. The molecule has 0 bridgehead atoms. The summed E-state index contributed by atoms with van der Waals surface area (Å²) >= 11 is 0. The van der Waals surface area contributed by atoms with E-state index in [1.165, 1.54) is 12.1 Å². The number of benzene rings is 2. The average molecular weight is 375 g/mol. The van der Waals surface area contributed by atoms with Crippen molar-refractivity contribution in [3.05, 3.63) is 83.9 Å². The van der Waals surface area contributed by atoms with Gasteiger partial charge in [0.15, 0.2) is 11.6 Å². The zero-order chi connectivity index (χ0) is 19.3. The number of hydrogen-bond donors (Lipinski definition) is 2. The van der Waals surface area contributed by atoms with Crippen LogP contribution in [0.1, 0.15) is 11.3 Å². The van der Waals surface area contributed by atoms with Crippen LogP contribution in [0, 0.1) is 12.7 Å². The second-order valence-electron chi connectivity index (χ2n) is 6.26. The smallest absolute Gasteiger partial charge is 0.175 e. The monoisotopic (exact) mass is 375 g/mol. The van der Waals surface area contributed by atoms with Crippen LogP contribution in [0.3, 0.4) is 0 Å². The first-order valence-corrected chi connectivity index (χ1v) is 8.79.